The van der Waals surface area contributed by atoms with E-state index in [1.54, 1.807) is 6.92 Å². The Balaban J connectivity index is 1.89. The van der Waals surface area contributed by atoms with Crippen LogP contribution in [0.25, 0.3) is 0 Å². The monoisotopic (exact) mass is 497 g/mol. The summed E-state index contributed by atoms with van der Waals surface area (Å²) in [6.45, 7) is 12.0. The van der Waals surface area contributed by atoms with Crippen LogP contribution in [0, 0.1) is 5.92 Å². The molecule has 1 unspecified atom stereocenters. The van der Waals surface area contributed by atoms with Crippen molar-refractivity contribution in [1.82, 2.24) is 4.90 Å². The van der Waals surface area contributed by atoms with Gasteiger partial charge in [-0.1, -0.05) is 70.0 Å². The molecular formula is C31H47NO4. The van der Waals surface area contributed by atoms with Gasteiger partial charge in [0.05, 0.1) is 6.61 Å². The summed E-state index contributed by atoms with van der Waals surface area (Å²) in [4.78, 5) is 26.2. The van der Waals surface area contributed by atoms with Gasteiger partial charge in [0.15, 0.2) is 0 Å². The Bertz CT molecular complexity index is 850. The Morgan fingerprint density at radius 2 is 1.69 bits per heavy atom. The molecule has 0 aromatic heterocycles. The van der Waals surface area contributed by atoms with Gasteiger partial charge >= 0.3 is 11.9 Å². The second-order valence-electron chi connectivity index (χ2n) is 10.7. The third-order valence-corrected chi connectivity index (χ3v) is 7.07. The largest absolute Gasteiger partial charge is 0.462 e. The van der Waals surface area contributed by atoms with E-state index in [9.17, 15) is 9.59 Å². The van der Waals surface area contributed by atoms with Crippen molar-refractivity contribution in [3.8, 4) is 0 Å². The highest BCUT2D eigenvalue weighted by Crippen LogP contribution is 2.37. The van der Waals surface area contributed by atoms with Gasteiger partial charge in [-0.2, -0.15) is 0 Å². The number of benzene rings is 1. The SMILES string of the molecule is C=C(C)C(=O)OC(CCOC(=O)C(=C)CN(C)C)Cc1ccc(C2CCC(CCCCC)CC2)cc1. The lowest BCUT2D eigenvalue weighted by atomic mass is 9.77. The number of unbranched alkanes of at least 4 members (excludes halogenated alkanes) is 2. The molecule has 36 heavy (non-hydrogen) atoms. The third-order valence-electron chi connectivity index (χ3n) is 7.07. The van der Waals surface area contributed by atoms with Crippen molar-refractivity contribution in [1.29, 1.82) is 0 Å². The number of carbonyl (C=O) groups is 2. The Hall–Kier alpha value is -2.40. The van der Waals surface area contributed by atoms with Crippen LogP contribution in [0.3, 0.4) is 0 Å². The highest BCUT2D eigenvalue weighted by molar-refractivity contribution is 5.88. The van der Waals surface area contributed by atoms with E-state index < -0.39 is 18.0 Å². The minimum Gasteiger partial charge on any atom is -0.462 e. The Labute approximate surface area is 218 Å². The van der Waals surface area contributed by atoms with Gasteiger partial charge in [0.2, 0.25) is 0 Å². The van der Waals surface area contributed by atoms with Gasteiger partial charge in [-0.3, -0.25) is 0 Å². The van der Waals surface area contributed by atoms with Crippen LogP contribution in [0.1, 0.15) is 88.7 Å². The van der Waals surface area contributed by atoms with Crippen LogP contribution >= 0.6 is 0 Å². The first-order valence-corrected chi connectivity index (χ1v) is 13.6. The maximum Gasteiger partial charge on any atom is 0.334 e. The minimum atomic E-state index is -0.421. The van der Waals surface area contributed by atoms with Gasteiger partial charge in [-0.25, -0.2) is 9.59 Å². The van der Waals surface area contributed by atoms with Crippen molar-refractivity contribution in [3.05, 3.63) is 59.7 Å². The van der Waals surface area contributed by atoms with E-state index in [0.717, 1.165) is 11.5 Å². The van der Waals surface area contributed by atoms with Crippen LogP contribution in [0.2, 0.25) is 0 Å². The fraction of sp³-hybridized carbons (Fsp3) is 0.613. The lowest BCUT2D eigenvalue weighted by Gasteiger charge is -2.29. The molecule has 0 bridgehead atoms. The minimum absolute atomic E-state index is 0.166. The van der Waals surface area contributed by atoms with Gasteiger partial charge < -0.3 is 14.4 Å². The fourth-order valence-corrected chi connectivity index (χ4v) is 4.94. The molecule has 0 amide bonds. The summed E-state index contributed by atoms with van der Waals surface area (Å²) >= 11 is 0. The number of ether oxygens (including phenoxy) is 2. The van der Waals surface area contributed by atoms with E-state index in [2.05, 4.69) is 44.3 Å². The second-order valence-corrected chi connectivity index (χ2v) is 10.7. The van der Waals surface area contributed by atoms with Crippen molar-refractivity contribution in [2.75, 3.05) is 27.2 Å². The second kappa shape index (κ2) is 15.7. The van der Waals surface area contributed by atoms with Crippen molar-refractivity contribution in [2.45, 2.75) is 90.1 Å². The van der Waals surface area contributed by atoms with E-state index in [1.165, 1.54) is 56.9 Å². The lowest BCUT2D eigenvalue weighted by Crippen LogP contribution is -2.25. The molecule has 5 heteroatoms. The zero-order chi connectivity index (χ0) is 26.5. The summed E-state index contributed by atoms with van der Waals surface area (Å²) in [6, 6.07) is 8.77. The topological polar surface area (TPSA) is 55.8 Å². The number of nitrogens with zero attached hydrogens (tertiary/aromatic N) is 1. The van der Waals surface area contributed by atoms with Crippen molar-refractivity contribution in [2.24, 2.45) is 5.92 Å². The standard InChI is InChI=1S/C31H47NO4/c1-7-8-9-10-25-11-15-27(16-12-25)28-17-13-26(14-18-28)21-29(36-30(33)23(2)3)19-20-35-31(34)24(4)22-32(5)6/h13-14,17-18,25,27,29H,2,4,7-12,15-16,19-22H2,1,3,5-6H3. The fourth-order valence-electron chi connectivity index (χ4n) is 4.94. The molecule has 1 aromatic rings. The van der Waals surface area contributed by atoms with Gasteiger partial charge in [0.1, 0.15) is 6.10 Å². The molecule has 1 atom stereocenters. The number of esters is 2. The third kappa shape index (κ3) is 10.7. The smallest absolute Gasteiger partial charge is 0.334 e. The molecular weight excluding hydrogens is 450 g/mol. The highest BCUT2D eigenvalue weighted by atomic mass is 16.6. The van der Waals surface area contributed by atoms with Crippen LogP contribution < -0.4 is 0 Å². The maximum atomic E-state index is 12.2. The normalized spacial score (nSPS) is 18.5. The van der Waals surface area contributed by atoms with Gasteiger partial charge in [-0.15, -0.1) is 0 Å². The first kappa shape index (κ1) is 29.8. The molecule has 0 saturated heterocycles. The van der Waals surface area contributed by atoms with E-state index in [1.807, 2.05) is 19.0 Å². The lowest BCUT2D eigenvalue weighted by molar-refractivity contribution is -0.146. The maximum absolute atomic E-state index is 12.2. The summed E-state index contributed by atoms with van der Waals surface area (Å²) in [5.41, 5.74) is 3.28. The number of rotatable bonds is 15. The first-order chi connectivity index (χ1) is 17.2. The molecule has 0 spiro atoms. The van der Waals surface area contributed by atoms with Crippen LogP contribution in [0.15, 0.2) is 48.6 Å². The molecule has 1 aliphatic carbocycles. The first-order valence-electron chi connectivity index (χ1n) is 13.6. The summed E-state index contributed by atoms with van der Waals surface area (Å²) in [7, 11) is 3.74. The van der Waals surface area contributed by atoms with Crippen molar-refractivity contribution in [3.63, 3.8) is 0 Å². The van der Waals surface area contributed by atoms with Gasteiger partial charge in [0.25, 0.3) is 0 Å². The van der Waals surface area contributed by atoms with Crippen LogP contribution in [0.4, 0.5) is 0 Å². The molecule has 0 N–H and O–H groups in total. The molecule has 200 valence electrons. The molecule has 2 rings (SSSR count). The van der Waals surface area contributed by atoms with Crippen LogP contribution in [-0.4, -0.2) is 50.2 Å². The number of hydrogen-bond donors (Lipinski definition) is 0. The molecule has 5 nitrogen and oxygen atoms in total. The number of carbonyl (C=O) groups excluding carboxylic acids is 2. The molecule has 0 aliphatic heterocycles. The predicted octanol–water partition coefficient (Wildman–Crippen LogP) is 6.62. The van der Waals surface area contributed by atoms with Crippen LogP contribution in [0.5, 0.6) is 0 Å². The Kier molecular flexibility index (Phi) is 13.0. The Morgan fingerprint density at radius 3 is 2.28 bits per heavy atom. The van der Waals surface area contributed by atoms with Gasteiger partial charge in [0, 0.05) is 30.5 Å². The predicted molar refractivity (Wildman–Crippen MR) is 147 cm³/mol. The molecule has 1 aliphatic rings. The summed E-state index contributed by atoms with van der Waals surface area (Å²) < 4.78 is 11.0. The molecule has 1 fully saturated rings. The van der Waals surface area contributed by atoms with E-state index in [0.29, 0.717) is 36.5 Å². The van der Waals surface area contributed by atoms with Crippen molar-refractivity contribution < 1.29 is 19.1 Å². The number of likely N-dealkylation sites (N-methyl/N-ethyl adjacent to an activating group) is 1. The van der Waals surface area contributed by atoms with Crippen LogP contribution in [-0.2, 0) is 25.5 Å². The average Bonchev–Trinajstić information content (AvgIpc) is 2.84. The van der Waals surface area contributed by atoms with Crippen molar-refractivity contribution >= 4 is 11.9 Å². The molecule has 1 saturated carbocycles. The molecule has 0 heterocycles. The zero-order valence-corrected chi connectivity index (χ0v) is 23.0. The van der Waals surface area contributed by atoms with E-state index >= 15 is 0 Å². The summed E-state index contributed by atoms with van der Waals surface area (Å²) in [5.74, 6) is 0.715. The van der Waals surface area contributed by atoms with E-state index in [-0.39, 0.29) is 6.61 Å². The van der Waals surface area contributed by atoms with E-state index in [4.69, 9.17) is 9.47 Å². The molecule has 1 aromatic carbocycles. The Morgan fingerprint density at radius 1 is 1.03 bits per heavy atom. The average molecular weight is 498 g/mol. The quantitative estimate of drug-likeness (QED) is 0.155. The zero-order valence-electron chi connectivity index (χ0n) is 23.0. The molecule has 0 radical (unpaired) electrons. The summed E-state index contributed by atoms with van der Waals surface area (Å²) in [5, 5.41) is 0. The number of hydrogen-bond acceptors (Lipinski definition) is 5. The highest BCUT2D eigenvalue weighted by Gasteiger charge is 2.23. The van der Waals surface area contributed by atoms with Gasteiger partial charge in [-0.05, 0) is 69.7 Å². The summed E-state index contributed by atoms with van der Waals surface area (Å²) in [6.07, 6.45) is 11.3.